The van der Waals surface area contributed by atoms with Crippen molar-refractivity contribution in [2.24, 2.45) is 5.92 Å². The fourth-order valence-corrected chi connectivity index (χ4v) is 2.17. The van der Waals surface area contributed by atoms with Crippen molar-refractivity contribution in [3.05, 3.63) is 45.8 Å². The number of benzene rings is 1. The number of nitrogens with zero attached hydrogens (tertiary/aromatic N) is 2. The predicted molar refractivity (Wildman–Crippen MR) is 76.1 cm³/mol. The average molecular weight is 357 g/mol. The van der Waals surface area contributed by atoms with E-state index in [9.17, 15) is 9.18 Å². The van der Waals surface area contributed by atoms with Gasteiger partial charge in [0.2, 0.25) is 0 Å². The number of ether oxygens (including phenoxy) is 1. The van der Waals surface area contributed by atoms with Gasteiger partial charge in [0.25, 0.3) is 5.89 Å². The number of aromatic nitrogens is 2. The number of halogens is 2. The lowest BCUT2D eigenvalue weighted by Gasteiger charge is -2.04. The Kier molecular flexibility index (Phi) is 5.06. The molecule has 0 atom stereocenters. The number of hydrogen-bond acceptors (Lipinski definition) is 5. The van der Waals surface area contributed by atoms with E-state index in [1.807, 2.05) is 13.8 Å². The number of carbonyl (C=O) groups excluding carboxylic acids is 1. The molecule has 0 saturated heterocycles. The maximum Gasteiger partial charge on any atom is 0.339 e. The van der Waals surface area contributed by atoms with E-state index in [0.717, 1.165) is 0 Å². The third-order valence-corrected chi connectivity index (χ3v) is 3.23. The molecule has 0 saturated carbocycles. The lowest BCUT2D eigenvalue weighted by atomic mass is 10.1. The quantitative estimate of drug-likeness (QED) is 0.766. The summed E-state index contributed by atoms with van der Waals surface area (Å²) >= 11 is 3.11. The van der Waals surface area contributed by atoms with Crippen LogP contribution < -0.4 is 0 Å². The van der Waals surface area contributed by atoms with E-state index in [1.165, 1.54) is 18.2 Å². The minimum absolute atomic E-state index is 0.117. The average Bonchev–Trinajstić information content (AvgIpc) is 2.82. The molecule has 0 unspecified atom stereocenters. The van der Waals surface area contributed by atoms with Crippen molar-refractivity contribution < 1.29 is 18.4 Å². The van der Waals surface area contributed by atoms with Gasteiger partial charge in [0.1, 0.15) is 5.82 Å². The number of esters is 1. The first-order valence-corrected chi connectivity index (χ1v) is 7.18. The zero-order chi connectivity index (χ0) is 15.4. The van der Waals surface area contributed by atoms with Crippen LogP contribution in [0.3, 0.4) is 0 Å². The molecule has 0 N–H and O–H groups in total. The van der Waals surface area contributed by atoms with Crippen LogP contribution >= 0.6 is 15.9 Å². The molecular weight excluding hydrogens is 343 g/mol. The molecule has 2 aromatic rings. The molecule has 0 amide bonds. The van der Waals surface area contributed by atoms with Crippen LogP contribution in [0.4, 0.5) is 4.39 Å². The first-order valence-electron chi connectivity index (χ1n) is 6.39. The third kappa shape index (κ3) is 4.35. The molecule has 1 aromatic carbocycles. The van der Waals surface area contributed by atoms with Crippen LogP contribution in [0.5, 0.6) is 0 Å². The fraction of sp³-hybridized carbons (Fsp3) is 0.357. The van der Waals surface area contributed by atoms with Gasteiger partial charge in [-0.25, -0.2) is 9.18 Å². The molecule has 0 aliphatic rings. The maximum absolute atomic E-state index is 13.0. The molecule has 2 rings (SSSR count). The Morgan fingerprint density at radius 3 is 2.90 bits per heavy atom. The molecular formula is C14H14BrFN2O3. The Hall–Kier alpha value is -1.76. The monoisotopic (exact) mass is 356 g/mol. The Labute approximate surface area is 129 Å². The van der Waals surface area contributed by atoms with Crippen LogP contribution in [0.1, 0.15) is 35.9 Å². The van der Waals surface area contributed by atoms with Gasteiger partial charge in [0.15, 0.2) is 12.4 Å². The molecule has 21 heavy (non-hydrogen) atoms. The van der Waals surface area contributed by atoms with Crippen LogP contribution in [0.25, 0.3) is 0 Å². The zero-order valence-corrected chi connectivity index (χ0v) is 13.2. The van der Waals surface area contributed by atoms with Gasteiger partial charge >= 0.3 is 5.97 Å². The van der Waals surface area contributed by atoms with Crippen molar-refractivity contribution in [2.75, 3.05) is 0 Å². The lowest BCUT2D eigenvalue weighted by Crippen LogP contribution is -2.06. The van der Waals surface area contributed by atoms with Crippen molar-refractivity contribution in [1.29, 1.82) is 0 Å². The number of carbonyl (C=O) groups is 1. The Morgan fingerprint density at radius 2 is 2.24 bits per heavy atom. The van der Waals surface area contributed by atoms with Crippen LogP contribution in [-0.2, 0) is 17.8 Å². The number of hydrogen-bond donors (Lipinski definition) is 0. The van der Waals surface area contributed by atoms with Crippen molar-refractivity contribution in [2.45, 2.75) is 26.9 Å². The smallest absolute Gasteiger partial charge is 0.339 e. The minimum atomic E-state index is -0.592. The topological polar surface area (TPSA) is 65.2 Å². The van der Waals surface area contributed by atoms with Crippen LogP contribution in [0, 0.1) is 11.7 Å². The minimum Gasteiger partial charge on any atom is -0.452 e. The van der Waals surface area contributed by atoms with Gasteiger partial charge < -0.3 is 9.26 Å². The van der Waals surface area contributed by atoms with E-state index >= 15 is 0 Å². The third-order valence-electron chi connectivity index (χ3n) is 2.58. The standard InChI is InChI=1S/C14H14BrFN2O3/c1-8(2)5-12-17-13(21-18-12)7-20-14(19)10-4-3-9(16)6-11(10)15/h3-4,6,8H,5,7H2,1-2H3. The van der Waals surface area contributed by atoms with Crippen molar-refractivity contribution in [1.82, 2.24) is 10.1 Å². The second-order valence-corrected chi connectivity index (χ2v) is 5.76. The fourth-order valence-electron chi connectivity index (χ4n) is 1.66. The Bertz CT molecular complexity index is 643. The van der Waals surface area contributed by atoms with Gasteiger partial charge in [-0.3, -0.25) is 0 Å². The predicted octanol–water partition coefficient (Wildman–Crippen LogP) is 3.53. The van der Waals surface area contributed by atoms with Crippen molar-refractivity contribution in [3.63, 3.8) is 0 Å². The molecule has 7 heteroatoms. The molecule has 0 aliphatic heterocycles. The van der Waals surface area contributed by atoms with E-state index in [0.29, 0.717) is 22.6 Å². The molecule has 1 heterocycles. The molecule has 0 spiro atoms. The summed E-state index contributed by atoms with van der Waals surface area (Å²) in [5.41, 5.74) is 0.235. The van der Waals surface area contributed by atoms with E-state index in [1.54, 1.807) is 0 Å². The second kappa shape index (κ2) is 6.80. The summed E-state index contributed by atoms with van der Waals surface area (Å²) in [4.78, 5) is 16.0. The first kappa shape index (κ1) is 15.6. The Balaban J connectivity index is 1.96. The Morgan fingerprint density at radius 1 is 1.48 bits per heavy atom. The zero-order valence-electron chi connectivity index (χ0n) is 11.6. The van der Waals surface area contributed by atoms with Gasteiger partial charge in [-0.05, 0) is 40.0 Å². The summed E-state index contributed by atoms with van der Waals surface area (Å²) in [5.74, 6) is 0.198. The largest absolute Gasteiger partial charge is 0.452 e. The summed E-state index contributed by atoms with van der Waals surface area (Å²) in [6.07, 6.45) is 0.695. The second-order valence-electron chi connectivity index (χ2n) is 4.90. The molecule has 5 nitrogen and oxygen atoms in total. The molecule has 0 aliphatic carbocycles. The summed E-state index contributed by atoms with van der Waals surface area (Å²) in [7, 11) is 0. The summed E-state index contributed by atoms with van der Waals surface area (Å²) in [6, 6.07) is 3.73. The SMILES string of the molecule is CC(C)Cc1noc(COC(=O)c2ccc(F)cc2Br)n1. The highest BCUT2D eigenvalue weighted by Crippen LogP contribution is 2.19. The first-order chi connectivity index (χ1) is 9.95. The normalized spacial score (nSPS) is 10.9. The highest BCUT2D eigenvalue weighted by Gasteiger charge is 2.15. The van der Waals surface area contributed by atoms with Crippen molar-refractivity contribution >= 4 is 21.9 Å². The van der Waals surface area contributed by atoms with E-state index < -0.39 is 11.8 Å². The van der Waals surface area contributed by atoms with Gasteiger partial charge in [0.05, 0.1) is 5.56 Å². The summed E-state index contributed by atoms with van der Waals surface area (Å²) in [6.45, 7) is 3.97. The molecule has 0 radical (unpaired) electrons. The lowest BCUT2D eigenvalue weighted by molar-refractivity contribution is 0.0428. The van der Waals surface area contributed by atoms with Gasteiger partial charge in [-0.1, -0.05) is 19.0 Å². The van der Waals surface area contributed by atoms with E-state index in [4.69, 9.17) is 9.26 Å². The maximum atomic E-state index is 13.0. The highest BCUT2D eigenvalue weighted by molar-refractivity contribution is 9.10. The molecule has 112 valence electrons. The summed E-state index contributed by atoms with van der Waals surface area (Å²) in [5, 5.41) is 3.80. The highest BCUT2D eigenvalue weighted by atomic mass is 79.9. The van der Waals surface area contributed by atoms with Gasteiger partial charge in [0, 0.05) is 10.9 Å². The van der Waals surface area contributed by atoms with Gasteiger partial charge in [-0.2, -0.15) is 4.98 Å². The van der Waals surface area contributed by atoms with Crippen LogP contribution in [-0.4, -0.2) is 16.1 Å². The molecule has 1 aromatic heterocycles. The van der Waals surface area contributed by atoms with Crippen LogP contribution in [0.2, 0.25) is 0 Å². The van der Waals surface area contributed by atoms with Crippen molar-refractivity contribution in [3.8, 4) is 0 Å². The van der Waals surface area contributed by atoms with E-state index in [2.05, 4.69) is 26.1 Å². The molecule has 0 bridgehead atoms. The van der Waals surface area contributed by atoms with Gasteiger partial charge in [-0.15, -0.1) is 0 Å². The number of rotatable bonds is 5. The van der Waals surface area contributed by atoms with Crippen LogP contribution in [0.15, 0.2) is 27.2 Å². The molecule has 0 fully saturated rings. The van der Waals surface area contributed by atoms with E-state index in [-0.39, 0.29) is 18.1 Å². The summed E-state index contributed by atoms with van der Waals surface area (Å²) < 4.78 is 23.3.